The number of unbranched alkanes of at least 4 members (excludes halogenated alkanes) is 1. The Bertz CT molecular complexity index is 699. The number of hydrogen-bond donors (Lipinski definition) is 0. The minimum atomic E-state index is -0.0765. The highest BCUT2D eigenvalue weighted by molar-refractivity contribution is 7.16. The molecule has 20 heavy (non-hydrogen) atoms. The van der Waals surface area contributed by atoms with Crippen molar-refractivity contribution in [1.29, 1.82) is 0 Å². The Hall–Kier alpha value is -1.39. The summed E-state index contributed by atoms with van der Waals surface area (Å²) < 4.78 is 2.97. The summed E-state index contributed by atoms with van der Waals surface area (Å²) in [5.74, 6) is -0.0765. The van der Waals surface area contributed by atoms with Gasteiger partial charge >= 0.3 is 0 Å². The van der Waals surface area contributed by atoms with Crippen molar-refractivity contribution < 1.29 is 4.79 Å². The van der Waals surface area contributed by atoms with E-state index in [1.165, 1.54) is 11.3 Å². The van der Waals surface area contributed by atoms with Crippen LogP contribution in [0.3, 0.4) is 0 Å². The van der Waals surface area contributed by atoms with Crippen molar-refractivity contribution in [2.45, 2.75) is 32.7 Å². The van der Waals surface area contributed by atoms with Crippen molar-refractivity contribution in [2.75, 3.05) is 0 Å². The van der Waals surface area contributed by atoms with Gasteiger partial charge in [0.2, 0.25) is 5.91 Å². The fourth-order valence-corrected chi connectivity index (χ4v) is 3.38. The fourth-order valence-electron chi connectivity index (χ4n) is 1.96. The standard InChI is InChI=1S/C15H17ClN2OS/c1-3-5-9-13(19)17-15-18(10-4-2)14-11(16)7-6-8-12(14)20-15/h4,6-8H,2-3,5,9-10H2,1H3. The van der Waals surface area contributed by atoms with E-state index in [-0.39, 0.29) is 5.91 Å². The molecule has 0 radical (unpaired) electrons. The van der Waals surface area contributed by atoms with E-state index in [4.69, 9.17) is 11.6 Å². The molecule has 1 aromatic heterocycles. The van der Waals surface area contributed by atoms with Gasteiger partial charge in [0.05, 0.1) is 15.2 Å². The van der Waals surface area contributed by atoms with Gasteiger partial charge in [-0.15, -0.1) is 6.58 Å². The highest BCUT2D eigenvalue weighted by atomic mass is 35.5. The summed E-state index contributed by atoms with van der Waals surface area (Å²) in [5, 5.41) is 0.669. The predicted molar refractivity (Wildman–Crippen MR) is 85.1 cm³/mol. The topological polar surface area (TPSA) is 34.4 Å². The lowest BCUT2D eigenvalue weighted by Gasteiger charge is -2.02. The zero-order valence-electron chi connectivity index (χ0n) is 11.4. The SMILES string of the molecule is C=CCn1c(=NC(=O)CCCC)sc2cccc(Cl)c21. The molecular formula is C15H17ClN2OS. The first-order valence-electron chi connectivity index (χ1n) is 6.63. The molecule has 0 saturated heterocycles. The van der Waals surface area contributed by atoms with Crippen molar-refractivity contribution in [3.63, 3.8) is 0 Å². The highest BCUT2D eigenvalue weighted by Crippen LogP contribution is 2.25. The van der Waals surface area contributed by atoms with E-state index in [2.05, 4.69) is 18.5 Å². The summed E-state index contributed by atoms with van der Waals surface area (Å²) in [5.41, 5.74) is 0.918. The predicted octanol–water partition coefficient (Wildman–Crippen LogP) is 4.16. The summed E-state index contributed by atoms with van der Waals surface area (Å²) in [7, 11) is 0. The molecule has 1 amide bonds. The summed E-state index contributed by atoms with van der Waals surface area (Å²) in [6.07, 6.45) is 4.14. The molecule has 0 bridgehead atoms. The van der Waals surface area contributed by atoms with Crippen LogP contribution in [-0.2, 0) is 11.3 Å². The molecule has 1 heterocycles. The highest BCUT2D eigenvalue weighted by Gasteiger charge is 2.09. The van der Waals surface area contributed by atoms with Crippen LogP contribution in [-0.4, -0.2) is 10.5 Å². The third-order valence-corrected chi connectivity index (χ3v) is 4.28. The normalized spacial score (nSPS) is 12.0. The average Bonchev–Trinajstić information content (AvgIpc) is 2.76. The summed E-state index contributed by atoms with van der Waals surface area (Å²) in [4.78, 5) is 16.8. The lowest BCUT2D eigenvalue weighted by atomic mass is 10.2. The molecule has 0 aliphatic heterocycles. The number of benzene rings is 1. The fraction of sp³-hybridized carbons (Fsp3) is 0.333. The molecule has 2 aromatic rings. The van der Waals surface area contributed by atoms with E-state index < -0.39 is 0 Å². The van der Waals surface area contributed by atoms with Crippen LogP contribution in [0.5, 0.6) is 0 Å². The maximum atomic E-state index is 11.9. The van der Waals surface area contributed by atoms with Crippen molar-refractivity contribution in [1.82, 2.24) is 4.57 Å². The van der Waals surface area contributed by atoms with Crippen LogP contribution in [0.4, 0.5) is 0 Å². The van der Waals surface area contributed by atoms with Gasteiger partial charge in [-0.2, -0.15) is 4.99 Å². The first kappa shape index (κ1) is 15.0. The second-order valence-electron chi connectivity index (χ2n) is 4.48. The number of para-hydroxylation sites is 1. The largest absolute Gasteiger partial charge is 0.311 e. The first-order chi connectivity index (χ1) is 9.67. The van der Waals surface area contributed by atoms with E-state index in [1.807, 2.05) is 22.8 Å². The minimum absolute atomic E-state index is 0.0765. The maximum absolute atomic E-state index is 11.9. The molecule has 0 aliphatic carbocycles. The molecule has 5 heteroatoms. The number of fused-ring (bicyclic) bond motifs is 1. The summed E-state index contributed by atoms with van der Waals surface area (Å²) in [6, 6.07) is 5.74. The minimum Gasteiger partial charge on any atom is -0.311 e. The first-order valence-corrected chi connectivity index (χ1v) is 7.83. The molecule has 1 aromatic carbocycles. The van der Waals surface area contributed by atoms with Gasteiger partial charge in [-0.05, 0) is 18.6 Å². The van der Waals surface area contributed by atoms with Crippen LogP contribution in [0.2, 0.25) is 5.02 Å². The van der Waals surface area contributed by atoms with Crippen molar-refractivity contribution in [3.8, 4) is 0 Å². The van der Waals surface area contributed by atoms with Gasteiger partial charge in [0.25, 0.3) is 0 Å². The zero-order chi connectivity index (χ0) is 14.5. The second kappa shape index (κ2) is 6.86. The number of carbonyl (C=O) groups is 1. The van der Waals surface area contributed by atoms with Crippen molar-refractivity contribution >= 4 is 39.1 Å². The van der Waals surface area contributed by atoms with Crippen molar-refractivity contribution in [2.24, 2.45) is 4.99 Å². The van der Waals surface area contributed by atoms with Crippen LogP contribution in [0.1, 0.15) is 26.2 Å². The Balaban J connectivity index is 2.55. The Morgan fingerprint density at radius 2 is 2.35 bits per heavy atom. The lowest BCUT2D eigenvalue weighted by Crippen LogP contribution is -2.16. The zero-order valence-corrected chi connectivity index (χ0v) is 13.0. The molecule has 0 atom stereocenters. The number of halogens is 1. The Morgan fingerprint density at radius 1 is 1.55 bits per heavy atom. The third-order valence-electron chi connectivity index (χ3n) is 2.93. The number of rotatable bonds is 5. The number of aromatic nitrogens is 1. The molecule has 0 spiro atoms. The average molecular weight is 309 g/mol. The summed E-state index contributed by atoms with van der Waals surface area (Å²) >= 11 is 7.74. The van der Waals surface area contributed by atoms with Crippen LogP contribution in [0.25, 0.3) is 10.2 Å². The van der Waals surface area contributed by atoms with E-state index in [1.54, 1.807) is 6.08 Å². The molecular weight excluding hydrogens is 292 g/mol. The Kier molecular flexibility index (Phi) is 5.15. The smallest absolute Gasteiger partial charge is 0.248 e. The van der Waals surface area contributed by atoms with Gasteiger partial charge in [-0.3, -0.25) is 4.79 Å². The monoisotopic (exact) mass is 308 g/mol. The molecule has 2 rings (SSSR count). The number of nitrogens with zero attached hydrogens (tertiary/aromatic N) is 2. The summed E-state index contributed by atoms with van der Waals surface area (Å²) in [6.45, 7) is 6.40. The number of allylic oxidation sites excluding steroid dienone is 1. The molecule has 0 unspecified atom stereocenters. The van der Waals surface area contributed by atoms with Gasteiger partial charge < -0.3 is 4.57 Å². The van der Waals surface area contributed by atoms with Gasteiger partial charge in [0.15, 0.2) is 4.80 Å². The maximum Gasteiger partial charge on any atom is 0.248 e. The molecule has 106 valence electrons. The number of hydrogen-bond acceptors (Lipinski definition) is 2. The van der Waals surface area contributed by atoms with Gasteiger partial charge in [-0.1, -0.05) is 48.4 Å². The molecule has 0 saturated carbocycles. The van der Waals surface area contributed by atoms with E-state index in [9.17, 15) is 4.79 Å². The van der Waals surface area contributed by atoms with E-state index in [0.717, 1.165) is 23.1 Å². The van der Waals surface area contributed by atoms with E-state index >= 15 is 0 Å². The third kappa shape index (κ3) is 3.19. The van der Waals surface area contributed by atoms with Crippen LogP contribution in [0.15, 0.2) is 35.8 Å². The quantitative estimate of drug-likeness (QED) is 0.764. The molecule has 0 aliphatic rings. The van der Waals surface area contributed by atoms with Crippen LogP contribution >= 0.6 is 22.9 Å². The number of thiazole rings is 1. The lowest BCUT2D eigenvalue weighted by molar-refractivity contribution is -0.118. The van der Waals surface area contributed by atoms with Crippen molar-refractivity contribution in [3.05, 3.63) is 40.7 Å². The number of carbonyl (C=O) groups excluding carboxylic acids is 1. The van der Waals surface area contributed by atoms with Gasteiger partial charge in [-0.25, -0.2) is 0 Å². The second-order valence-corrected chi connectivity index (χ2v) is 5.90. The molecule has 0 N–H and O–H groups in total. The molecule has 0 fully saturated rings. The Labute approximate surface area is 127 Å². The van der Waals surface area contributed by atoms with Crippen LogP contribution < -0.4 is 4.80 Å². The van der Waals surface area contributed by atoms with E-state index in [0.29, 0.717) is 22.8 Å². The molecule has 3 nitrogen and oxygen atoms in total. The van der Waals surface area contributed by atoms with Gasteiger partial charge in [0, 0.05) is 13.0 Å². The number of amides is 1. The van der Waals surface area contributed by atoms with Gasteiger partial charge in [0.1, 0.15) is 0 Å². The Morgan fingerprint density at radius 3 is 3.05 bits per heavy atom. The van der Waals surface area contributed by atoms with Crippen LogP contribution in [0, 0.1) is 0 Å².